The van der Waals surface area contributed by atoms with Gasteiger partial charge in [0.1, 0.15) is 0 Å². The summed E-state index contributed by atoms with van der Waals surface area (Å²) in [4.78, 5) is 15.3. The van der Waals surface area contributed by atoms with E-state index in [2.05, 4.69) is 26.2 Å². The first kappa shape index (κ1) is 12.7. The molecule has 1 amide bonds. The second-order valence-electron chi connectivity index (χ2n) is 4.74. The predicted octanol–water partition coefficient (Wildman–Crippen LogP) is 2.84. The van der Waals surface area contributed by atoms with Crippen molar-refractivity contribution in [3.63, 3.8) is 0 Å². The zero-order chi connectivity index (χ0) is 13.2. The predicted molar refractivity (Wildman–Crippen MR) is 77.3 cm³/mol. The number of aromatic amines is 1. The molecule has 1 saturated heterocycles. The molecule has 0 unspecified atom stereocenters. The molecule has 0 bridgehead atoms. The van der Waals surface area contributed by atoms with Crippen molar-refractivity contribution in [3.8, 4) is 0 Å². The maximum atomic E-state index is 12.2. The molecule has 3 rings (SSSR count). The van der Waals surface area contributed by atoms with Gasteiger partial charge in [-0.2, -0.15) is 0 Å². The Labute approximate surface area is 119 Å². The van der Waals surface area contributed by atoms with E-state index in [1.54, 1.807) is 6.20 Å². The molecule has 2 heterocycles. The second kappa shape index (κ2) is 5.35. The van der Waals surface area contributed by atoms with Crippen LogP contribution < -0.4 is 5.32 Å². The molecule has 0 saturated carbocycles. The molecule has 1 aromatic heterocycles. The minimum Gasteiger partial charge on any atom is -0.376 e. The van der Waals surface area contributed by atoms with Gasteiger partial charge in [-0.25, -0.2) is 0 Å². The van der Waals surface area contributed by atoms with E-state index in [9.17, 15) is 4.79 Å². The first-order valence-corrected chi connectivity index (χ1v) is 7.20. The highest BCUT2D eigenvalue weighted by molar-refractivity contribution is 9.10. The Hall–Kier alpha value is -1.33. The topological polar surface area (TPSA) is 54.1 Å². The molecule has 19 heavy (non-hydrogen) atoms. The van der Waals surface area contributed by atoms with Crippen LogP contribution in [0.3, 0.4) is 0 Å². The van der Waals surface area contributed by atoms with Gasteiger partial charge in [0.2, 0.25) is 0 Å². The van der Waals surface area contributed by atoms with Gasteiger partial charge in [-0.05, 0) is 31.0 Å². The SMILES string of the molecule is O=C(NC[C@@H]1CCCO1)c1c[nH]c2ccc(Br)cc12. The number of H-pyrrole nitrogens is 1. The van der Waals surface area contributed by atoms with Gasteiger partial charge in [-0.1, -0.05) is 15.9 Å². The minimum absolute atomic E-state index is 0.0557. The number of fused-ring (bicyclic) bond motifs is 1. The number of amides is 1. The molecule has 0 radical (unpaired) electrons. The van der Waals surface area contributed by atoms with Crippen molar-refractivity contribution in [2.24, 2.45) is 0 Å². The summed E-state index contributed by atoms with van der Waals surface area (Å²) in [6.07, 6.45) is 4.03. The van der Waals surface area contributed by atoms with Gasteiger partial charge in [0.05, 0.1) is 11.7 Å². The number of nitrogens with one attached hydrogen (secondary N) is 2. The van der Waals surface area contributed by atoms with Crippen LogP contribution in [0.15, 0.2) is 28.9 Å². The van der Waals surface area contributed by atoms with Gasteiger partial charge in [0, 0.05) is 34.7 Å². The van der Waals surface area contributed by atoms with Crippen LogP contribution >= 0.6 is 15.9 Å². The Morgan fingerprint density at radius 3 is 3.21 bits per heavy atom. The number of carbonyl (C=O) groups is 1. The number of ether oxygens (including phenoxy) is 1. The fourth-order valence-corrected chi connectivity index (χ4v) is 2.75. The normalized spacial score (nSPS) is 18.9. The summed E-state index contributed by atoms with van der Waals surface area (Å²) in [6, 6.07) is 5.86. The fraction of sp³-hybridized carbons (Fsp3) is 0.357. The van der Waals surface area contributed by atoms with Crippen LogP contribution in [0.25, 0.3) is 10.9 Å². The Bertz CT molecular complexity index is 603. The number of hydrogen-bond donors (Lipinski definition) is 2. The third-order valence-corrected chi connectivity index (χ3v) is 3.90. The lowest BCUT2D eigenvalue weighted by Crippen LogP contribution is -2.31. The molecule has 2 N–H and O–H groups in total. The molecule has 1 aliphatic heterocycles. The smallest absolute Gasteiger partial charge is 0.253 e. The van der Waals surface area contributed by atoms with Crippen molar-refractivity contribution in [1.82, 2.24) is 10.3 Å². The maximum absolute atomic E-state index is 12.2. The highest BCUT2D eigenvalue weighted by atomic mass is 79.9. The van der Waals surface area contributed by atoms with Gasteiger partial charge in [-0.15, -0.1) is 0 Å². The third-order valence-electron chi connectivity index (χ3n) is 3.40. The fourth-order valence-electron chi connectivity index (χ4n) is 2.39. The molecule has 1 fully saturated rings. The van der Waals surface area contributed by atoms with Crippen LogP contribution in [0.5, 0.6) is 0 Å². The largest absolute Gasteiger partial charge is 0.376 e. The van der Waals surface area contributed by atoms with E-state index in [0.29, 0.717) is 12.1 Å². The van der Waals surface area contributed by atoms with E-state index in [4.69, 9.17) is 4.74 Å². The van der Waals surface area contributed by atoms with Gasteiger partial charge in [0.15, 0.2) is 0 Å². The maximum Gasteiger partial charge on any atom is 0.253 e. The van der Waals surface area contributed by atoms with E-state index in [1.807, 2.05) is 18.2 Å². The van der Waals surface area contributed by atoms with Crippen LogP contribution in [0.1, 0.15) is 23.2 Å². The van der Waals surface area contributed by atoms with E-state index in [1.165, 1.54) is 0 Å². The highest BCUT2D eigenvalue weighted by Crippen LogP contribution is 2.22. The monoisotopic (exact) mass is 322 g/mol. The summed E-state index contributed by atoms with van der Waals surface area (Å²) >= 11 is 3.43. The highest BCUT2D eigenvalue weighted by Gasteiger charge is 2.18. The molecule has 100 valence electrons. The third kappa shape index (κ3) is 2.67. The zero-order valence-electron chi connectivity index (χ0n) is 10.4. The van der Waals surface area contributed by atoms with Crippen LogP contribution in [0, 0.1) is 0 Å². The van der Waals surface area contributed by atoms with Gasteiger partial charge in [-0.3, -0.25) is 4.79 Å². The van der Waals surface area contributed by atoms with E-state index < -0.39 is 0 Å². The van der Waals surface area contributed by atoms with Crippen molar-refractivity contribution in [1.29, 1.82) is 0 Å². The molecule has 1 aliphatic rings. The lowest BCUT2D eigenvalue weighted by Gasteiger charge is -2.10. The van der Waals surface area contributed by atoms with Crippen LogP contribution in [0.2, 0.25) is 0 Å². The Morgan fingerprint density at radius 1 is 1.53 bits per heavy atom. The van der Waals surface area contributed by atoms with Crippen LogP contribution in [-0.4, -0.2) is 30.1 Å². The Morgan fingerprint density at radius 2 is 2.42 bits per heavy atom. The van der Waals surface area contributed by atoms with Crippen molar-refractivity contribution in [2.45, 2.75) is 18.9 Å². The lowest BCUT2D eigenvalue weighted by molar-refractivity contribution is 0.0859. The van der Waals surface area contributed by atoms with Crippen molar-refractivity contribution in [3.05, 3.63) is 34.4 Å². The molecule has 0 aliphatic carbocycles. The second-order valence-corrected chi connectivity index (χ2v) is 5.65. The van der Waals surface area contributed by atoms with E-state index in [-0.39, 0.29) is 12.0 Å². The summed E-state index contributed by atoms with van der Waals surface area (Å²) in [5, 5.41) is 3.87. The quantitative estimate of drug-likeness (QED) is 0.913. The first-order chi connectivity index (χ1) is 9.24. The van der Waals surface area contributed by atoms with Gasteiger partial charge >= 0.3 is 0 Å². The molecule has 1 atom stereocenters. The summed E-state index contributed by atoms with van der Waals surface area (Å²) in [7, 11) is 0. The zero-order valence-corrected chi connectivity index (χ0v) is 12.0. The standard InChI is InChI=1S/C14H15BrN2O2/c15-9-3-4-13-11(6-9)12(8-16-13)14(18)17-7-10-2-1-5-19-10/h3-4,6,8,10,16H,1-2,5,7H2,(H,17,18)/t10-/m0/s1. The summed E-state index contributed by atoms with van der Waals surface area (Å²) < 4.78 is 6.46. The van der Waals surface area contributed by atoms with Crippen molar-refractivity contribution < 1.29 is 9.53 Å². The average Bonchev–Trinajstić information content (AvgIpc) is 3.04. The number of halogens is 1. The van der Waals surface area contributed by atoms with Gasteiger partial charge < -0.3 is 15.0 Å². The average molecular weight is 323 g/mol. The van der Waals surface area contributed by atoms with Gasteiger partial charge in [0.25, 0.3) is 5.91 Å². The van der Waals surface area contributed by atoms with E-state index >= 15 is 0 Å². The number of carbonyl (C=O) groups excluding carboxylic acids is 1. The Balaban J connectivity index is 1.75. The number of rotatable bonds is 3. The minimum atomic E-state index is -0.0557. The molecule has 2 aromatic rings. The Kier molecular flexibility index (Phi) is 3.57. The van der Waals surface area contributed by atoms with Crippen LogP contribution in [-0.2, 0) is 4.74 Å². The van der Waals surface area contributed by atoms with Crippen molar-refractivity contribution in [2.75, 3.05) is 13.2 Å². The molecule has 0 spiro atoms. The van der Waals surface area contributed by atoms with Crippen LogP contribution in [0.4, 0.5) is 0 Å². The number of aromatic nitrogens is 1. The first-order valence-electron chi connectivity index (χ1n) is 6.40. The summed E-state index contributed by atoms with van der Waals surface area (Å²) in [5.74, 6) is -0.0557. The summed E-state index contributed by atoms with van der Waals surface area (Å²) in [5.41, 5.74) is 1.64. The molecular formula is C14H15BrN2O2. The number of benzene rings is 1. The molecular weight excluding hydrogens is 308 g/mol. The lowest BCUT2D eigenvalue weighted by atomic mass is 10.1. The molecule has 4 nitrogen and oxygen atoms in total. The molecule has 5 heteroatoms. The number of hydrogen-bond acceptors (Lipinski definition) is 2. The summed E-state index contributed by atoms with van der Waals surface area (Å²) in [6.45, 7) is 1.39. The molecule has 1 aromatic carbocycles. The van der Waals surface area contributed by atoms with E-state index in [0.717, 1.165) is 34.8 Å². The van der Waals surface area contributed by atoms with Crippen molar-refractivity contribution >= 4 is 32.7 Å².